The number of aliphatic hydroxyl groups is 1. The van der Waals surface area contributed by atoms with E-state index in [-0.39, 0.29) is 18.2 Å². The lowest BCUT2D eigenvalue weighted by atomic mass is 9.96. The Bertz CT molecular complexity index is 465. The van der Waals surface area contributed by atoms with Gasteiger partial charge in [0.05, 0.1) is 6.33 Å². The van der Waals surface area contributed by atoms with E-state index in [0.29, 0.717) is 6.54 Å². The molecule has 1 heterocycles. The van der Waals surface area contributed by atoms with Crippen LogP contribution in [0.1, 0.15) is 20.8 Å². The monoisotopic (exact) mass is 261 g/mol. The lowest BCUT2D eigenvalue weighted by Crippen LogP contribution is -2.36. The van der Waals surface area contributed by atoms with E-state index in [1.807, 2.05) is 6.92 Å². The number of aromatic nitrogens is 2. The van der Waals surface area contributed by atoms with Gasteiger partial charge in [-0.1, -0.05) is 13.8 Å². The van der Waals surface area contributed by atoms with Crippen LogP contribution in [0.25, 0.3) is 0 Å². The summed E-state index contributed by atoms with van der Waals surface area (Å²) in [6.45, 7) is 6.22. The Morgan fingerprint density at radius 1 is 1.53 bits per heavy atom. The van der Waals surface area contributed by atoms with Crippen molar-refractivity contribution in [1.82, 2.24) is 14.3 Å². The third-order valence-electron chi connectivity index (χ3n) is 2.42. The number of nitrogens with zero attached hydrogens (tertiary/aromatic N) is 2. The Morgan fingerprint density at radius 2 is 2.18 bits per heavy atom. The molecule has 0 atom stereocenters. The van der Waals surface area contributed by atoms with E-state index in [1.165, 1.54) is 12.5 Å². The van der Waals surface area contributed by atoms with E-state index >= 15 is 0 Å². The predicted molar refractivity (Wildman–Crippen MR) is 64.0 cm³/mol. The van der Waals surface area contributed by atoms with Crippen LogP contribution in [0.4, 0.5) is 0 Å². The molecule has 6 nitrogen and oxygen atoms in total. The second kappa shape index (κ2) is 5.16. The lowest BCUT2D eigenvalue weighted by Gasteiger charge is -2.21. The summed E-state index contributed by atoms with van der Waals surface area (Å²) in [5.41, 5.74) is -0.486. The molecule has 0 saturated heterocycles. The van der Waals surface area contributed by atoms with Crippen LogP contribution in [0.15, 0.2) is 17.6 Å². The van der Waals surface area contributed by atoms with E-state index < -0.39 is 15.4 Å². The third kappa shape index (κ3) is 3.79. The van der Waals surface area contributed by atoms with Crippen molar-refractivity contribution >= 4 is 10.0 Å². The number of hydrogen-bond donors (Lipinski definition) is 2. The topological polar surface area (TPSA) is 84.2 Å². The summed E-state index contributed by atoms with van der Waals surface area (Å²) in [6, 6.07) is 0. The fourth-order valence-electron chi connectivity index (χ4n) is 1.07. The van der Waals surface area contributed by atoms with E-state index in [4.69, 9.17) is 5.11 Å². The Labute approximate surface area is 102 Å². The molecule has 2 N–H and O–H groups in total. The molecule has 0 fully saturated rings. The van der Waals surface area contributed by atoms with Crippen LogP contribution in [0.5, 0.6) is 0 Å². The van der Waals surface area contributed by atoms with E-state index in [2.05, 4.69) is 9.71 Å². The minimum Gasteiger partial charge on any atom is -0.396 e. The quantitative estimate of drug-likeness (QED) is 0.766. The standard InChI is InChI=1S/C10H19N3O3S/c1-4-13-5-9(11-8-13)17(15,16)12-6-10(2,3)7-14/h5,8,12,14H,4,6-7H2,1-3H3. The van der Waals surface area contributed by atoms with Crippen molar-refractivity contribution in [3.63, 3.8) is 0 Å². The highest BCUT2D eigenvalue weighted by Crippen LogP contribution is 2.13. The predicted octanol–water partition coefficient (Wildman–Crippen LogP) is 0.200. The number of nitrogens with one attached hydrogen (secondary N) is 1. The number of rotatable bonds is 6. The van der Waals surface area contributed by atoms with Crippen molar-refractivity contribution in [2.45, 2.75) is 32.3 Å². The number of sulfonamides is 1. The van der Waals surface area contributed by atoms with Gasteiger partial charge in [0.1, 0.15) is 0 Å². The fraction of sp³-hybridized carbons (Fsp3) is 0.700. The van der Waals surface area contributed by atoms with Gasteiger partial charge in [-0.25, -0.2) is 18.1 Å². The average molecular weight is 261 g/mol. The molecule has 98 valence electrons. The SMILES string of the molecule is CCn1cnc(S(=O)(=O)NCC(C)(C)CO)c1. The van der Waals surface area contributed by atoms with Crippen LogP contribution < -0.4 is 4.72 Å². The Balaban J connectivity index is 2.76. The molecule has 17 heavy (non-hydrogen) atoms. The Kier molecular flexibility index (Phi) is 4.29. The van der Waals surface area contributed by atoms with Gasteiger partial charge in [-0.3, -0.25) is 0 Å². The van der Waals surface area contributed by atoms with Gasteiger partial charge in [0.2, 0.25) is 0 Å². The normalized spacial score (nSPS) is 12.9. The summed E-state index contributed by atoms with van der Waals surface area (Å²) in [5.74, 6) is 0. The molecule has 1 aromatic heterocycles. The maximum Gasteiger partial charge on any atom is 0.259 e. The van der Waals surface area contributed by atoms with Crippen molar-refractivity contribution in [1.29, 1.82) is 0 Å². The molecule has 0 bridgehead atoms. The van der Waals surface area contributed by atoms with E-state index in [1.54, 1.807) is 18.4 Å². The molecule has 0 saturated carbocycles. The third-order valence-corrected chi connectivity index (χ3v) is 3.70. The molecular weight excluding hydrogens is 242 g/mol. The van der Waals surface area contributed by atoms with Gasteiger partial charge in [-0.05, 0) is 6.92 Å². The molecule has 0 aromatic carbocycles. The van der Waals surface area contributed by atoms with Gasteiger partial charge in [-0.15, -0.1) is 0 Å². The first-order valence-electron chi connectivity index (χ1n) is 5.43. The molecule has 0 amide bonds. The maximum atomic E-state index is 11.9. The molecule has 0 unspecified atom stereocenters. The van der Waals surface area contributed by atoms with Crippen molar-refractivity contribution in [3.05, 3.63) is 12.5 Å². The molecule has 0 aliphatic carbocycles. The molecule has 0 radical (unpaired) electrons. The highest BCUT2D eigenvalue weighted by molar-refractivity contribution is 7.89. The van der Waals surface area contributed by atoms with Crippen LogP contribution in [0, 0.1) is 5.41 Å². The number of aryl methyl sites for hydroxylation is 1. The average Bonchev–Trinajstić information content (AvgIpc) is 2.76. The molecule has 1 aromatic rings. The van der Waals surface area contributed by atoms with Gasteiger partial charge in [-0.2, -0.15) is 0 Å². The summed E-state index contributed by atoms with van der Waals surface area (Å²) in [7, 11) is -3.59. The second-order valence-electron chi connectivity index (χ2n) is 4.69. The van der Waals surface area contributed by atoms with Crippen molar-refractivity contribution in [3.8, 4) is 0 Å². The van der Waals surface area contributed by atoms with Crippen LogP contribution in [-0.2, 0) is 16.6 Å². The first-order valence-corrected chi connectivity index (χ1v) is 6.91. The summed E-state index contributed by atoms with van der Waals surface area (Å²) in [5, 5.41) is 9.06. The van der Waals surface area contributed by atoms with Gasteiger partial charge in [0.15, 0.2) is 5.03 Å². The largest absolute Gasteiger partial charge is 0.396 e. The van der Waals surface area contributed by atoms with Crippen molar-refractivity contribution in [2.24, 2.45) is 5.41 Å². The minimum absolute atomic E-state index is 0.00749. The molecule has 1 rings (SSSR count). The lowest BCUT2D eigenvalue weighted by molar-refractivity contribution is 0.163. The smallest absolute Gasteiger partial charge is 0.259 e. The van der Waals surface area contributed by atoms with E-state index in [0.717, 1.165) is 0 Å². The van der Waals surface area contributed by atoms with Crippen LogP contribution >= 0.6 is 0 Å². The van der Waals surface area contributed by atoms with Crippen molar-refractivity contribution in [2.75, 3.05) is 13.2 Å². The van der Waals surface area contributed by atoms with Gasteiger partial charge in [0.25, 0.3) is 10.0 Å². The Morgan fingerprint density at radius 3 is 2.65 bits per heavy atom. The number of hydrogen-bond acceptors (Lipinski definition) is 4. The number of aliphatic hydroxyl groups excluding tert-OH is 1. The minimum atomic E-state index is -3.59. The zero-order valence-corrected chi connectivity index (χ0v) is 11.2. The first kappa shape index (κ1) is 14.1. The van der Waals surface area contributed by atoms with Gasteiger partial charge < -0.3 is 9.67 Å². The van der Waals surface area contributed by atoms with E-state index in [9.17, 15) is 8.42 Å². The van der Waals surface area contributed by atoms with Crippen molar-refractivity contribution < 1.29 is 13.5 Å². The van der Waals surface area contributed by atoms with Crippen LogP contribution in [0.3, 0.4) is 0 Å². The zero-order valence-electron chi connectivity index (χ0n) is 10.3. The molecule has 0 aliphatic heterocycles. The highest BCUT2D eigenvalue weighted by atomic mass is 32.2. The molecule has 7 heteroatoms. The first-order chi connectivity index (χ1) is 7.80. The Hall–Kier alpha value is -0.920. The van der Waals surface area contributed by atoms with Gasteiger partial charge >= 0.3 is 0 Å². The zero-order chi connectivity index (χ0) is 13.1. The molecule has 0 spiro atoms. The summed E-state index contributed by atoms with van der Waals surface area (Å²) in [6.07, 6.45) is 2.96. The second-order valence-corrected chi connectivity index (χ2v) is 6.40. The maximum absolute atomic E-state index is 11.9. The fourth-order valence-corrected chi connectivity index (χ4v) is 2.26. The highest BCUT2D eigenvalue weighted by Gasteiger charge is 2.23. The van der Waals surface area contributed by atoms with Crippen LogP contribution in [0.2, 0.25) is 0 Å². The summed E-state index contributed by atoms with van der Waals surface area (Å²) < 4.78 is 27.8. The summed E-state index contributed by atoms with van der Waals surface area (Å²) >= 11 is 0. The molecule has 0 aliphatic rings. The number of imidazole rings is 1. The molecular formula is C10H19N3O3S. The summed E-state index contributed by atoms with van der Waals surface area (Å²) in [4.78, 5) is 3.84. The van der Waals surface area contributed by atoms with Gasteiger partial charge in [0, 0.05) is 31.3 Å². The van der Waals surface area contributed by atoms with Crippen LogP contribution in [-0.4, -0.2) is 36.2 Å².